The predicted molar refractivity (Wildman–Crippen MR) is 74.0 cm³/mol. The lowest BCUT2D eigenvalue weighted by Gasteiger charge is -2.05. The molecule has 19 heavy (non-hydrogen) atoms. The number of carbonyl (C=O) groups excluding carboxylic acids is 1. The van der Waals surface area contributed by atoms with Crippen LogP contribution in [-0.2, 0) is 11.3 Å². The Kier molecular flexibility index (Phi) is 4.53. The number of hydrogen-bond donors (Lipinski definition) is 2. The molecule has 0 saturated carbocycles. The maximum Gasteiger partial charge on any atom is 0.234 e. The molecule has 1 amide bonds. The molecular weight excluding hydrogens is 262 g/mol. The van der Waals surface area contributed by atoms with Crippen LogP contribution in [0.1, 0.15) is 5.69 Å². The van der Waals surface area contributed by atoms with E-state index in [4.69, 9.17) is 5.73 Å². The average molecular weight is 277 g/mol. The van der Waals surface area contributed by atoms with Gasteiger partial charge in [0.1, 0.15) is 5.69 Å². The second-order valence-corrected chi connectivity index (χ2v) is 4.66. The van der Waals surface area contributed by atoms with Crippen molar-refractivity contribution in [2.24, 2.45) is 5.73 Å². The van der Waals surface area contributed by atoms with E-state index in [0.717, 1.165) is 10.6 Å². The number of para-hydroxylation sites is 1. The minimum atomic E-state index is -0.209. The predicted octanol–water partition coefficient (Wildman–Crippen LogP) is 0.564. The summed E-state index contributed by atoms with van der Waals surface area (Å²) < 4.78 is 1.70. The topological polar surface area (TPSA) is 85.8 Å². The van der Waals surface area contributed by atoms with E-state index in [1.54, 1.807) is 22.6 Å². The number of hydrogen-bond acceptors (Lipinski definition) is 5. The van der Waals surface area contributed by atoms with E-state index in [1.165, 1.54) is 0 Å². The molecule has 1 aromatic carbocycles. The van der Waals surface area contributed by atoms with Crippen LogP contribution in [0.15, 0.2) is 35.4 Å². The van der Waals surface area contributed by atoms with Gasteiger partial charge in [0.2, 0.25) is 5.91 Å². The van der Waals surface area contributed by atoms with E-state index < -0.39 is 0 Å². The largest absolute Gasteiger partial charge is 0.349 e. The maximum atomic E-state index is 11.1. The van der Waals surface area contributed by atoms with Gasteiger partial charge >= 0.3 is 0 Å². The Bertz CT molecular complexity index is 569. The zero-order valence-corrected chi connectivity index (χ0v) is 11.4. The van der Waals surface area contributed by atoms with Crippen LogP contribution in [0.4, 0.5) is 0 Å². The first-order valence-electron chi connectivity index (χ1n) is 5.76. The third kappa shape index (κ3) is 3.33. The number of nitrogens with one attached hydrogen (secondary N) is 1. The molecule has 0 atom stereocenters. The van der Waals surface area contributed by atoms with Crippen molar-refractivity contribution in [3.05, 3.63) is 36.2 Å². The monoisotopic (exact) mass is 277 g/mol. The Morgan fingerprint density at radius 2 is 2.26 bits per heavy atom. The highest BCUT2D eigenvalue weighted by molar-refractivity contribution is 7.98. The quantitative estimate of drug-likeness (QED) is 0.780. The van der Waals surface area contributed by atoms with Gasteiger partial charge in [0.15, 0.2) is 0 Å². The summed E-state index contributed by atoms with van der Waals surface area (Å²) in [5.74, 6) is -0.209. The van der Waals surface area contributed by atoms with E-state index in [2.05, 4.69) is 15.6 Å². The molecule has 1 aromatic heterocycles. The lowest BCUT2D eigenvalue weighted by atomic mass is 10.3. The maximum absolute atomic E-state index is 11.1. The fourth-order valence-electron chi connectivity index (χ4n) is 1.58. The first-order valence-corrected chi connectivity index (χ1v) is 6.98. The zero-order valence-electron chi connectivity index (χ0n) is 10.5. The number of rotatable bonds is 5. The lowest BCUT2D eigenvalue weighted by molar-refractivity contribution is -0.119. The van der Waals surface area contributed by atoms with Crippen molar-refractivity contribution in [1.82, 2.24) is 20.3 Å². The summed E-state index contributed by atoms with van der Waals surface area (Å²) in [5, 5.41) is 10.7. The molecule has 0 aliphatic rings. The first-order chi connectivity index (χ1) is 9.24. The number of carbonyl (C=O) groups is 1. The van der Waals surface area contributed by atoms with Gasteiger partial charge in [0, 0.05) is 4.90 Å². The molecule has 1 heterocycles. The molecule has 0 saturated heterocycles. The van der Waals surface area contributed by atoms with Gasteiger partial charge < -0.3 is 11.1 Å². The van der Waals surface area contributed by atoms with Crippen molar-refractivity contribution in [3.8, 4) is 5.69 Å². The van der Waals surface area contributed by atoms with Crippen LogP contribution in [0.25, 0.3) is 5.69 Å². The van der Waals surface area contributed by atoms with Gasteiger partial charge in [-0.25, -0.2) is 4.68 Å². The van der Waals surface area contributed by atoms with Crippen LogP contribution < -0.4 is 11.1 Å². The third-order valence-corrected chi connectivity index (χ3v) is 3.31. The highest BCUT2D eigenvalue weighted by atomic mass is 32.2. The summed E-state index contributed by atoms with van der Waals surface area (Å²) in [6.07, 6.45) is 3.81. The molecule has 7 heteroatoms. The summed E-state index contributed by atoms with van der Waals surface area (Å²) >= 11 is 1.65. The minimum absolute atomic E-state index is 0.0244. The van der Waals surface area contributed by atoms with E-state index in [-0.39, 0.29) is 12.5 Å². The highest BCUT2D eigenvalue weighted by Crippen LogP contribution is 2.22. The summed E-state index contributed by atoms with van der Waals surface area (Å²) in [6, 6.07) is 7.93. The van der Waals surface area contributed by atoms with Crippen molar-refractivity contribution in [2.45, 2.75) is 11.4 Å². The molecule has 2 rings (SSSR count). The van der Waals surface area contributed by atoms with E-state index in [0.29, 0.717) is 12.2 Å². The number of thioether (sulfide) groups is 1. The Morgan fingerprint density at radius 3 is 3.00 bits per heavy atom. The lowest BCUT2D eigenvalue weighted by Crippen LogP contribution is -2.29. The second-order valence-electron chi connectivity index (χ2n) is 3.81. The van der Waals surface area contributed by atoms with Gasteiger partial charge in [-0.05, 0) is 18.4 Å². The Labute approximate surface area is 115 Å². The molecule has 0 fully saturated rings. The summed E-state index contributed by atoms with van der Waals surface area (Å²) in [7, 11) is 0. The van der Waals surface area contributed by atoms with Gasteiger partial charge in [0.25, 0.3) is 0 Å². The molecule has 3 N–H and O–H groups in total. The third-order valence-electron chi connectivity index (χ3n) is 2.52. The summed E-state index contributed by atoms with van der Waals surface area (Å²) in [4.78, 5) is 12.2. The number of amides is 1. The highest BCUT2D eigenvalue weighted by Gasteiger charge is 2.07. The Balaban J connectivity index is 2.14. The molecule has 0 aliphatic carbocycles. The van der Waals surface area contributed by atoms with Gasteiger partial charge in [-0.1, -0.05) is 17.3 Å². The first kappa shape index (κ1) is 13.6. The molecule has 0 unspecified atom stereocenters. The zero-order chi connectivity index (χ0) is 13.7. The normalized spacial score (nSPS) is 10.4. The average Bonchev–Trinajstić information content (AvgIpc) is 2.93. The van der Waals surface area contributed by atoms with Crippen molar-refractivity contribution in [1.29, 1.82) is 0 Å². The van der Waals surface area contributed by atoms with Gasteiger partial charge in [0.05, 0.1) is 25.0 Å². The van der Waals surface area contributed by atoms with Crippen LogP contribution >= 0.6 is 11.8 Å². The van der Waals surface area contributed by atoms with Gasteiger partial charge in [-0.15, -0.1) is 16.9 Å². The number of aromatic nitrogens is 3. The SMILES string of the molecule is CSc1ccccc1-n1cc(CNC(=O)CN)nn1. The molecule has 6 nitrogen and oxygen atoms in total. The molecule has 0 aliphatic heterocycles. The number of nitrogens with two attached hydrogens (primary N) is 1. The van der Waals surface area contributed by atoms with Crippen LogP contribution in [0, 0.1) is 0 Å². The molecule has 0 radical (unpaired) electrons. The summed E-state index contributed by atoms with van der Waals surface area (Å²) in [5.41, 5.74) is 6.88. The summed E-state index contributed by atoms with van der Waals surface area (Å²) in [6.45, 7) is 0.306. The van der Waals surface area contributed by atoms with Crippen LogP contribution in [0.5, 0.6) is 0 Å². The van der Waals surface area contributed by atoms with Crippen molar-refractivity contribution in [2.75, 3.05) is 12.8 Å². The molecule has 2 aromatic rings. The van der Waals surface area contributed by atoms with E-state index in [9.17, 15) is 4.79 Å². The Morgan fingerprint density at radius 1 is 1.47 bits per heavy atom. The number of benzene rings is 1. The second kappa shape index (κ2) is 6.35. The fraction of sp³-hybridized carbons (Fsp3) is 0.250. The molecule has 0 spiro atoms. The Hall–Kier alpha value is -1.86. The van der Waals surface area contributed by atoms with E-state index >= 15 is 0 Å². The van der Waals surface area contributed by atoms with Crippen LogP contribution in [-0.4, -0.2) is 33.7 Å². The molecular formula is C12H15N5OS. The number of nitrogens with zero attached hydrogens (tertiary/aromatic N) is 3. The fourth-order valence-corrected chi connectivity index (χ4v) is 2.16. The van der Waals surface area contributed by atoms with Gasteiger partial charge in [-0.2, -0.15) is 0 Å². The van der Waals surface area contributed by atoms with Crippen LogP contribution in [0.2, 0.25) is 0 Å². The van der Waals surface area contributed by atoms with Crippen molar-refractivity contribution in [3.63, 3.8) is 0 Å². The molecule has 100 valence electrons. The van der Waals surface area contributed by atoms with Crippen LogP contribution in [0.3, 0.4) is 0 Å². The van der Waals surface area contributed by atoms with E-state index in [1.807, 2.05) is 30.5 Å². The molecule has 0 bridgehead atoms. The smallest absolute Gasteiger partial charge is 0.234 e. The minimum Gasteiger partial charge on any atom is -0.349 e. The van der Waals surface area contributed by atoms with Crippen molar-refractivity contribution < 1.29 is 4.79 Å². The van der Waals surface area contributed by atoms with Crippen molar-refractivity contribution >= 4 is 17.7 Å². The standard InChI is InChI=1S/C12H15N5OS/c1-19-11-5-3-2-4-10(11)17-8-9(15-16-17)7-14-12(18)6-13/h2-5,8H,6-7,13H2,1H3,(H,14,18). The van der Waals surface area contributed by atoms with Gasteiger partial charge in [-0.3, -0.25) is 4.79 Å².